The number of ether oxygens (including phenoxy) is 2. The number of methoxy groups -OCH3 is 2. The molecule has 2 aromatic carbocycles. The molecule has 0 aromatic heterocycles. The van der Waals surface area contributed by atoms with Crippen LogP contribution in [0.5, 0.6) is 11.5 Å². The number of sulfonamides is 1. The summed E-state index contributed by atoms with van der Waals surface area (Å²) in [5.41, 5.74) is 0.465. The molecule has 0 saturated carbocycles. The molecule has 6 nitrogen and oxygen atoms in total. The molecule has 0 aliphatic rings. The summed E-state index contributed by atoms with van der Waals surface area (Å²) in [4.78, 5) is 11.1. The van der Waals surface area contributed by atoms with Crippen molar-refractivity contribution in [2.75, 3.05) is 14.2 Å². The molecule has 1 N–H and O–H groups in total. The van der Waals surface area contributed by atoms with Crippen molar-refractivity contribution in [3.63, 3.8) is 0 Å². The third kappa shape index (κ3) is 4.37. The lowest BCUT2D eigenvalue weighted by Crippen LogP contribution is -2.29. The first-order valence-corrected chi connectivity index (χ1v) is 8.67. The van der Waals surface area contributed by atoms with E-state index in [0.717, 1.165) is 18.2 Å². The summed E-state index contributed by atoms with van der Waals surface area (Å²) in [6.45, 7) is 0. The van der Waals surface area contributed by atoms with Crippen molar-refractivity contribution < 1.29 is 31.5 Å². The van der Waals surface area contributed by atoms with Gasteiger partial charge in [-0.05, 0) is 24.3 Å². The Labute approximate surface area is 149 Å². The van der Waals surface area contributed by atoms with Crippen LogP contribution in [0.25, 0.3) is 6.08 Å². The lowest BCUT2D eigenvalue weighted by molar-refractivity contribution is -0.114. The van der Waals surface area contributed by atoms with E-state index in [2.05, 4.69) is 0 Å². The van der Waals surface area contributed by atoms with Gasteiger partial charge in [-0.2, -0.15) is 0 Å². The quantitative estimate of drug-likeness (QED) is 0.775. The van der Waals surface area contributed by atoms with E-state index < -0.39 is 32.5 Å². The predicted molar refractivity (Wildman–Crippen MR) is 90.3 cm³/mol. The lowest BCUT2D eigenvalue weighted by Gasteiger charge is -2.10. The average molecular weight is 383 g/mol. The van der Waals surface area contributed by atoms with Gasteiger partial charge in [0.15, 0.2) is 11.5 Å². The van der Waals surface area contributed by atoms with Crippen LogP contribution in [-0.4, -0.2) is 28.5 Å². The minimum absolute atomic E-state index is 0.353. The predicted octanol–water partition coefficient (Wildman–Crippen LogP) is 2.50. The first-order valence-electron chi connectivity index (χ1n) is 7.19. The molecule has 0 aliphatic heterocycles. The minimum Gasteiger partial charge on any atom is -0.493 e. The van der Waals surface area contributed by atoms with Crippen molar-refractivity contribution in [2.24, 2.45) is 0 Å². The Balaban J connectivity index is 2.22. The Kier molecular flexibility index (Phi) is 5.93. The van der Waals surface area contributed by atoms with Gasteiger partial charge in [-0.1, -0.05) is 12.1 Å². The molecule has 0 bridgehead atoms. The van der Waals surface area contributed by atoms with Crippen molar-refractivity contribution >= 4 is 22.0 Å². The van der Waals surface area contributed by atoms with Gasteiger partial charge in [0.2, 0.25) is 0 Å². The van der Waals surface area contributed by atoms with Gasteiger partial charge in [0, 0.05) is 17.7 Å². The second kappa shape index (κ2) is 7.96. The second-order valence-corrected chi connectivity index (χ2v) is 6.61. The zero-order chi connectivity index (χ0) is 19.3. The number of amides is 1. The third-order valence-electron chi connectivity index (χ3n) is 3.27. The van der Waals surface area contributed by atoms with Crippen molar-refractivity contribution in [2.45, 2.75) is 4.90 Å². The first-order chi connectivity index (χ1) is 12.3. The zero-order valence-corrected chi connectivity index (χ0v) is 14.6. The van der Waals surface area contributed by atoms with Crippen LogP contribution in [0.1, 0.15) is 5.56 Å². The highest BCUT2D eigenvalue weighted by atomic mass is 32.2. The van der Waals surface area contributed by atoms with E-state index in [1.54, 1.807) is 22.9 Å². The van der Waals surface area contributed by atoms with Crippen molar-refractivity contribution in [3.05, 3.63) is 59.7 Å². The molecule has 0 saturated heterocycles. The maximum Gasteiger partial charge on any atom is 0.267 e. The fraction of sp³-hybridized carbons (Fsp3) is 0.118. The first kappa shape index (κ1) is 19.4. The number of hydrogen-bond acceptors (Lipinski definition) is 5. The summed E-state index contributed by atoms with van der Waals surface area (Å²) in [7, 11) is -1.63. The molecular weight excluding hydrogens is 368 g/mol. The number of para-hydroxylation sites is 1. The number of carbonyl (C=O) groups excluding carboxylic acids is 1. The van der Waals surface area contributed by atoms with E-state index in [-0.39, 0.29) is 0 Å². The molecule has 0 unspecified atom stereocenters. The van der Waals surface area contributed by atoms with Crippen LogP contribution < -0.4 is 14.2 Å². The van der Waals surface area contributed by atoms with Gasteiger partial charge >= 0.3 is 0 Å². The van der Waals surface area contributed by atoms with E-state index >= 15 is 0 Å². The maximum atomic E-state index is 13.6. The minimum atomic E-state index is -4.49. The number of rotatable bonds is 6. The molecule has 0 spiro atoms. The number of nitrogens with one attached hydrogen (secondary N) is 1. The monoisotopic (exact) mass is 383 g/mol. The highest BCUT2D eigenvalue weighted by Crippen LogP contribution is 2.31. The molecule has 1 amide bonds. The van der Waals surface area contributed by atoms with Crippen LogP contribution in [0.3, 0.4) is 0 Å². The normalized spacial score (nSPS) is 11.4. The summed E-state index contributed by atoms with van der Waals surface area (Å²) in [5.74, 6) is -2.47. The van der Waals surface area contributed by atoms with Gasteiger partial charge in [-0.25, -0.2) is 21.9 Å². The van der Waals surface area contributed by atoms with Crippen molar-refractivity contribution in [1.82, 2.24) is 4.72 Å². The number of carbonyl (C=O) groups is 1. The van der Waals surface area contributed by atoms with Crippen LogP contribution in [0.2, 0.25) is 0 Å². The number of benzene rings is 2. The van der Waals surface area contributed by atoms with Gasteiger partial charge in [-0.15, -0.1) is 0 Å². The summed E-state index contributed by atoms with van der Waals surface area (Å²) in [6, 6.07) is 6.85. The van der Waals surface area contributed by atoms with Gasteiger partial charge in [0.25, 0.3) is 15.9 Å². The summed E-state index contributed by atoms with van der Waals surface area (Å²) in [6.07, 6.45) is 2.25. The standard InChI is InChI=1S/C17H15F2NO5S/c1-24-14-5-3-4-11(17(14)25-2)6-9-16(21)20-26(22,23)15-8-7-12(18)10-13(15)19/h3-10H,1-2H3,(H,20,21). The highest BCUT2D eigenvalue weighted by molar-refractivity contribution is 7.90. The molecule has 0 heterocycles. The molecule has 2 rings (SSSR count). The molecule has 9 heteroatoms. The number of halogens is 2. The Morgan fingerprint density at radius 3 is 2.46 bits per heavy atom. The molecule has 138 valence electrons. The summed E-state index contributed by atoms with van der Waals surface area (Å²) in [5, 5.41) is 0. The smallest absolute Gasteiger partial charge is 0.267 e. The Morgan fingerprint density at radius 2 is 1.85 bits per heavy atom. The third-order valence-corrected chi connectivity index (χ3v) is 4.65. The van der Waals surface area contributed by atoms with Crippen LogP contribution in [0.4, 0.5) is 8.78 Å². The fourth-order valence-electron chi connectivity index (χ4n) is 2.12. The van der Waals surface area contributed by atoms with Crippen LogP contribution >= 0.6 is 0 Å². The van der Waals surface area contributed by atoms with Crippen molar-refractivity contribution in [3.8, 4) is 11.5 Å². The van der Waals surface area contributed by atoms with E-state index in [1.165, 1.54) is 20.3 Å². The largest absolute Gasteiger partial charge is 0.493 e. The Morgan fingerprint density at radius 1 is 1.12 bits per heavy atom. The molecule has 0 radical (unpaired) electrons. The van der Waals surface area contributed by atoms with Gasteiger partial charge in [-0.3, -0.25) is 4.79 Å². The molecule has 2 aromatic rings. The van der Waals surface area contributed by atoms with Crippen LogP contribution in [0.15, 0.2) is 47.4 Å². The van der Waals surface area contributed by atoms with E-state index in [0.29, 0.717) is 23.1 Å². The molecule has 0 atom stereocenters. The van der Waals surface area contributed by atoms with Gasteiger partial charge in [0.1, 0.15) is 16.5 Å². The Bertz CT molecular complexity index is 958. The lowest BCUT2D eigenvalue weighted by atomic mass is 10.1. The van der Waals surface area contributed by atoms with Crippen molar-refractivity contribution in [1.29, 1.82) is 0 Å². The van der Waals surface area contributed by atoms with Gasteiger partial charge in [0.05, 0.1) is 14.2 Å². The van der Waals surface area contributed by atoms with Gasteiger partial charge < -0.3 is 9.47 Å². The molecule has 0 fully saturated rings. The van der Waals surface area contributed by atoms with E-state index in [9.17, 15) is 22.0 Å². The summed E-state index contributed by atoms with van der Waals surface area (Å²) >= 11 is 0. The molecule has 0 aliphatic carbocycles. The van der Waals surface area contributed by atoms with E-state index in [4.69, 9.17) is 9.47 Å². The van der Waals surface area contributed by atoms with Crippen LogP contribution in [-0.2, 0) is 14.8 Å². The maximum absolute atomic E-state index is 13.6. The fourth-order valence-corrected chi connectivity index (χ4v) is 3.13. The van der Waals surface area contributed by atoms with E-state index in [1.807, 2.05) is 0 Å². The zero-order valence-electron chi connectivity index (χ0n) is 13.8. The Hall–Kier alpha value is -2.94. The summed E-state index contributed by atoms with van der Waals surface area (Å²) < 4.78 is 62.6. The average Bonchev–Trinajstić information content (AvgIpc) is 2.58. The number of hydrogen-bond donors (Lipinski definition) is 1. The highest BCUT2D eigenvalue weighted by Gasteiger charge is 2.21. The second-order valence-electron chi connectivity index (χ2n) is 4.96. The SMILES string of the molecule is COc1cccc(C=CC(=O)NS(=O)(=O)c2ccc(F)cc2F)c1OC. The molecule has 26 heavy (non-hydrogen) atoms. The topological polar surface area (TPSA) is 81.7 Å². The van der Waals surface area contributed by atoms with Crippen LogP contribution in [0, 0.1) is 11.6 Å². The molecular formula is C17H15F2NO5S.